The molecular weight excluding hydrogens is 214 g/mol. The van der Waals surface area contributed by atoms with Crippen molar-refractivity contribution in [3.05, 3.63) is 18.0 Å². The highest BCUT2D eigenvalue weighted by Crippen LogP contribution is 2.22. The third-order valence-corrected chi connectivity index (χ3v) is 3.36. The Kier molecular flexibility index (Phi) is 4.57. The van der Waals surface area contributed by atoms with E-state index >= 15 is 0 Å². The Morgan fingerprint density at radius 2 is 2.53 bits per heavy atom. The number of aryl methyl sites for hydroxylation is 1. The van der Waals surface area contributed by atoms with Gasteiger partial charge in [0.25, 0.3) is 0 Å². The molecule has 1 aliphatic rings. The van der Waals surface area contributed by atoms with Crippen molar-refractivity contribution in [2.75, 3.05) is 6.61 Å². The highest BCUT2D eigenvalue weighted by atomic mass is 16.5. The van der Waals surface area contributed by atoms with Gasteiger partial charge in [0.15, 0.2) is 0 Å². The molecule has 0 saturated carbocycles. The predicted octanol–water partition coefficient (Wildman–Crippen LogP) is 2.25. The van der Waals surface area contributed by atoms with Crippen LogP contribution >= 0.6 is 0 Å². The van der Waals surface area contributed by atoms with Crippen LogP contribution in [0.3, 0.4) is 0 Å². The molecule has 4 heteroatoms. The van der Waals surface area contributed by atoms with Crippen molar-refractivity contribution in [3.63, 3.8) is 0 Å². The van der Waals surface area contributed by atoms with E-state index in [2.05, 4.69) is 18.2 Å². The molecule has 2 atom stereocenters. The van der Waals surface area contributed by atoms with Crippen molar-refractivity contribution in [2.45, 2.75) is 57.7 Å². The number of ether oxygens (including phenoxy) is 1. The van der Waals surface area contributed by atoms with Gasteiger partial charge in [0.2, 0.25) is 0 Å². The van der Waals surface area contributed by atoms with Crippen molar-refractivity contribution in [3.8, 4) is 0 Å². The van der Waals surface area contributed by atoms with Crippen LogP contribution in [0.25, 0.3) is 0 Å². The Morgan fingerprint density at radius 3 is 3.24 bits per heavy atom. The van der Waals surface area contributed by atoms with Crippen LogP contribution in [0.2, 0.25) is 0 Å². The summed E-state index contributed by atoms with van der Waals surface area (Å²) in [5.41, 5.74) is 7.32. The normalized spacial score (nSPS) is 21.9. The van der Waals surface area contributed by atoms with Crippen LogP contribution in [0, 0.1) is 0 Å². The lowest BCUT2D eigenvalue weighted by molar-refractivity contribution is 0.101. The molecular formula is C13H23N3O. The Hall–Kier alpha value is -0.870. The first-order valence-corrected chi connectivity index (χ1v) is 6.69. The van der Waals surface area contributed by atoms with Crippen LogP contribution in [0.4, 0.5) is 0 Å². The lowest BCUT2D eigenvalue weighted by atomic mass is 10.0. The van der Waals surface area contributed by atoms with E-state index in [4.69, 9.17) is 10.5 Å². The van der Waals surface area contributed by atoms with Gasteiger partial charge in [0.05, 0.1) is 12.3 Å². The first-order valence-electron chi connectivity index (χ1n) is 6.69. The van der Waals surface area contributed by atoms with Crippen molar-refractivity contribution in [2.24, 2.45) is 5.73 Å². The summed E-state index contributed by atoms with van der Waals surface area (Å²) in [5.74, 6) is 0. The molecule has 2 unspecified atom stereocenters. The minimum absolute atomic E-state index is 0.102. The highest BCUT2D eigenvalue weighted by Gasteiger charge is 2.17. The van der Waals surface area contributed by atoms with Gasteiger partial charge in [-0.2, -0.15) is 5.10 Å². The van der Waals surface area contributed by atoms with Crippen molar-refractivity contribution < 1.29 is 4.74 Å². The molecule has 4 nitrogen and oxygen atoms in total. The van der Waals surface area contributed by atoms with E-state index < -0.39 is 0 Å². The summed E-state index contributed by atoms with van der Waals surface area (Å²) in [6.45, 7) is 4.05. The van der Waals surface area contributed by atoms with E-state index in [1.807, 2.05) is 10.9 Å². The summed E-state index contributed by atoms with van der Waals surface area (Å²) in [7, 11) is 0. The molecule has 1 aliphatic heterocycles. The van der Waals surface area contributed by atoms with Crippen LogP contribution in [-0.4, -0.2) is 22.5 Å². The quantitative estimate of drug-likeness (QED) is 0.825. The van der Waals surface area contributed by atoms with Gasteiger partial charge in [0, 0.05) is 31.0 Å². The van der Waals surface area contributed by atoms with E-state index in [1.54, 1.807) is 0 Å². The lowest BCUT2D eigenvalue weighted by Crippen LogP contribution is -2.14. The van der Waals surface area contributed by atoms with Gasteiger partial charge < -0.3 is 10.5 Å². The van der Waals surface area contributed by atoms with Crippen molar-refractivity contribution in [1.29, 1.82) is 0 Å². The molecule has 2 N–H and O–H groups in total. The van der Waals surface area contributed by atoms with Gasteiger partial charge in [-0.25, -0.2) is 0 Å². The topological polar surface area (TPSA) is 53.1 Å². The standard InChI is InChI=1S/C13H23N3O/c1-2-7-16-10-11(9-15-16)13(14)6-5-12-4-3-8-17-12/h9-10,12-13H,2-8,14H2,1H3. The molecule has 17 heavy (non-hydrogen) atoms. The molecule has 1 aromatic rings. The number of aromatic nitrogens is 2. The molecule has 0 bridgehead atoms. The SMILES string of the molecule is CCCn1cc(C(N)CCC2CCCO2)cn1. The summed E-state index contributed by atoms with van der Waals surface area (Å²) < 4.78 is 7.58. The predicted molar refractivity (Wildman–Crippen MR) is 67.7 cm³/mol. The fraction of sp³-hybridized carbons (Fsp3) is 0.769. The maximum Gasteiger partial charge on any atom is 0.0576 e. The molecule has 1 fully saturated rings. The molecule has 0 aliphatic carbocycles. The molecule has 2 rings (SSSR count). The molecule has 0 aromatic carbocycles. The third kappa shape index (κ3) is 3.54. The van der Waals surface area contributed by atoms with Gasteiger partial charge in [0.1, 0.15) is 0 Å². The largest absolute Gasteiger partial charge is 0.378 e. The molecule has 0 radical (unpaired) electrons. The Balaban J connectivity index is 1.79. The molecule has 96 valence electrons. The van der Waals surface area contributed by atoms with Crippen LogP contribution in [0.5, 0.6) is 0 Å². The second kappa shape index (κ2) is 6.17. The average Bonchev–Trinajstić information content (AvgIpc) is 2.97. The Labute approximate surface area is 103 Å². The van der Waals surface area contributed by atoms with E-state index in [-0.39, 0.29) is 6.04 Å². The van der Waals surface area contributed by atoms with Crippen LogP contribution < -0.4 is 5.73 Å². The van der Waals surface area contributed by atoms with E-state index in [9.17, 15) is 0 Å². The average molecular weight is 237 g/mol. The maximum atomic E-state index is 6.17. The van der Waals surface area contributed by atoms with Crippen LogP contribution in [-0.2, 0) is 11.3 Å². The fourth-order valence-electron chi connectivity index (χ4n) is 2.33. The van der Waals surface area contributed by atoms with Crippen LogP contribution in [0.15, 0.2) is 12.4 Å². The number of nitrogens with two attached hydrogens (primary N) is 1. The summed E-state index contributed by atoms with van der Waals surface area (Å²) >= 11 is 0. The zero-order valence-electron chi connectivity index (χ0n) is 10.6. The minimum atomic E-state index is 0.102. The fourth-order valence-corrected chi connectivity index (χ4v) is 2.33. The summed E-state index contributed by atoms with van der Waals surface area (Å²) in [5, 5.41) is 4.31. The van der Waals surface area contributed by atoms with E-state index in [0.29, 0.717) is 6.10 Å². The zero-order valence-corrected chi connectivity index (χ0v) is 10.6. The van der Waals surface area contributed by atoms with Gasteiger partial charge in [-0.1, -0.05) is 6.92 Å². The minimum Gasteiger partial charge on any atom is -0.378 e. The van der Waals surface area contributed by atoms with E-state index in [1.165, 1.54) is 12.8 Å². The summed E-state index contributed by atoms with van der Waals surface area (Å²) in [4.78, 5) is 0. The molecule has 1 aromatic heterocycles. The Morgan fingerprint density at radius 1 is 1.65 bits per heavy atom. The number of rotatable bonds is 6. The second-order valence-corrected chi connectivity index (χ2v) is 4.86. The van der Waals surface area contributed by atoms with Gasteiger partial charge in [-0.05, 0) is 32.1 Å². The second-order valence-electron chi connectivity index (χ2n) is 4.86. The monoisotopic (exact) mass is 237 g/mol. The summed E-state index contributed by atoms with van der Waals surface area (Å²) in [6.07, 6.45) is 9.97. The van der Waals surface area contributed by atoms with Crippen molar-refractivity contribution >= 4 is 0 Å². The lowest BCUT2D eigenvalue weighted by Gasteiger charge is -2.13. The summed E-state index contributed by atoms with van der Waals surface area (Å²) in [6, 6.07) is 0.102. The Bertz CT molecular complexity index is 331. The number of nitrogens with zero attached hydrogens (tertiary/aromatic N) is 2. The third-order valence-electron chi connectivity index (χ3n) is 3.36. The van der Waals surface area contributed by atoms with Gasteiger partial charge in [-0.3, -0.25) is 4.68 Å². The smallest absolute Gasteiger partial charge is 0.0576 e. The molecule has 0 spiro atoms. The van der Waals surface area contributed by atoms with Gasteiger partial charge in [-0.15, -0.1) is 0 Å². The van der Waals surface area contributed by atoms with E-state index in [0.717, 1.165) is 38.0 Å². The number of hydrogen-bond acceptors (Lipinski definition) is 3. The molecule has 2 heterocycles. The zero-order chi connectivity index (χ0) is 12.1. The van der Waals surface area contributed by atoms with Crippen LogP contribution in [0.1, 0.15) is 50.6 Å². The van der Waals surface area contributed by atoms with Gasteiger partial charge >= 0.3 is 0 Å². The van der Waals surface area contributed by atoms with Crippen molar-refractivity contribution in [1.82, 2.24) is 9.78 Å². The number of hydrogen-bond donors (Lipinski definition) is 1. The molecule has 1 saturated heterocycles. The molecule has 0 amide bonds. The maximum absolute atomic E-state index is 6.17. The highest BCUT2D eigenvalue weighted by molar-refractivity contribution is 5.09. The first kappa shape index (κ1) is 12.6. The first-order chi connectivity index (χ1) is 8.29.